The van der Waals surface area contributed by atoms with Crippen LogP contribution in [0, 0.1) is 12.7 Å². The van der Waals surface area contributed by atoms with Crippen molar-refractivity contribution in [1.82, 2.24) is 4.40 Å². The average molecular weight is 303 g/mol. The first kappa shape index (κ1) is 14.0. The predicted octanol–water partition coefficient (Wildman–Crippen LogP) is 3.53. The monoisotopic (exact) mass is 303 g/mol. The number of nitrogens with zero attached hydrogens (tertiary/aromatic N) is 1. The molecule has 2 heterocycles. The van der Waals surface area contributed by atoms with E-state index in [2.05, 4.69) is 0 Å². The van der Waals surface area contributed by atoms with E-state index in [0.717, 1.165) is 21.0 Å². The van der Waals surface area contributed by atoms with Crippen LogP contribution in [0.4, 0.5) is 4.39 Å². The largest absolute Gasteiger partial charge is 0.389 e. The minimum absolute atomic E-state index is 0.181. The zero-order valence-electron chi connectivity index (χ0n) is 11.6. The van der Waals surface area contributed by atoms with Crippen LogP contribution in [0.3, 0.4) is 0 Å². The lowest BCUT2D eigenvalue weighted by molar-refractivity contribution is 0.199. The molecule has 0 aliphatic rings. The van der Waals surface area contributed by atoms with Crippen molar-refractivity contribution in [1.29, 1.82) is 0 Å². The van der Waals surface area contributed by atoms with Crippen LogP contribution >= 0.6 is 11.3 Å². The number of benzene rings is 1. The Morgan fingerprint density at radius 3 is 2.71 bits per heavy atom. The molecular formula is C16H14FNO2S. The summed E-state index contributed by atoms with van der Waals surface area (Å²) in [5, 5.41) is 9.64. The predicted molar refractivity (Wildman–Crippen MR) is 82.3 cm³/mol. The first-order valence-corrected chi connectivity index (χ1v) is 7.39. The molecule has 3 nitrogen and oxygen atoms in total. The maximum atomic E-state index is 13.4. The summed E-state index contributed by atoms with van der Waals surface area (Å²) in [6.07, 6.45) is -0.692. The summed E-state index contributed by atoms with van der Waals surface area (Å²) in [7, 11) is 0. The molecule has 0 radical (unpaired) electrons. The minimum atomic E-state index is -0.692. The van der Waals surface area contributed by atoms with E-state index in [0.29, 0.717) is 5.56 Å². The van der Waals surface area contributed by atoms with Crippen LogP contribution in [-0.2, 0) is 0 Å². The molecule has 0 spiro atoms. The molecule has 0 aliphatic carbocycles. The van der Waals surface area contributed by atoms with Gasteiger partial charge in [0.1, 0.15) is 10.6 Å². The molecule has 1 unspecified atom stereocenters. The van der Waals surface area contributed by atoms with Crippen molar-refractivity contribution >= 4 is 16.2 Å². The van der Waals surface area contributed by atoms with Gasteiger partial charge < -0.3 is 5.11 Å². The summed E-state index contributed by atoms with van der Waals surface area (Å²) in [5.41, 5.74) is 1.94. The molecule has 0 saturated carbocycles. The van der Waals surface area contributed by atoms with E-state index in [1.165, 1.54) is 29.5 Å². The molecule has 0 saturated heterocycles. The van der Waals surface area contributed by atoms with Crippen molar-refractivity contribution in [2.24, 2.45) is 0 Å². The normalized spacial score (nSPS) is 12.8. The van der Waals surface area contributed by atoms with Gasteiger partial charge in [0.25, 0.3) is 5.56 Å². The number of halogens is 1. The van der Waals surface area contributed by atoms with Gasteiger partial charge in [0, 0.05) is 11.8 Å². The topological polar surface area (TPSA) is 41.7 Å². The van der Waals surface area contributed by atoms with Crippen LogP contribution in [0.2, 0.25) is 0 Å². The van der Waals surface area contributed by atoms with Crippen LogP contribution in [0.1, 0.15) is 24.3 Å². The summed E-state index contributed by atoms with van der Waals surface area (Å²) < 4.78 is 15.0. The van der Waals surface area contributed by atoms with Crippen LogP contribution in [0.25, 0.3) is 15.3 Å². The lowest BCUT2D eigenvalue weighted by Gasteiger charge is -2.04. The molecule has 2 aromatic heterocycles. The Morgan fingerprint density at radius 1 is 1.29 bits per heavy atom. The summed E-state index contributed by atoms with van der Waals surface area (Å²) in [6.45, 7) is 3.46. The van der Waals surface area contributed by atoms with Crippen LogP contribution in [0.15, 0.2) is 41.2 Å². The Morgan fingerprint density at radius 2 is 2.05 bits per heavy atom. The van der Waals surface area contributed by atoms with E-state index in [1.54, 1.807) is 23.5 Å². The molecular weight excluding hydrogens is 289 g/mol. The van der Waals surface area contributed by atoms with Gasteiger partial charge in [-0.2, -0.15) is 0 Å². The van der Waals surface area contributed by atoms with Gasteiger partial charge in [0.15, 0.2) is 0 Å². The van der Waals surface area contributed by atoms with E-state index in [4.69, 9.17) is 0 Å². The third-order valence-electron chi connectivity index (χ3n) is 3.46. The van der Waals surface area contributed by atoms with E-state index in [1.807, 2.05) is 13.0 Å². The molecule has 1 atom stereocenters. The molecule has 0 bridgehead atoms. The standard InChI is InChI=1S/C16H14FNO2S/c1-9-16(11-4-3-5-13(17)6-11)21-15-8-12(10(2)19)7-14(20)18(9)15/h3-8,10,19H,1-2H3. The number of fused-ring (bicyclic) bond motifs is 1. The molecule has 0 aliphatic heterocycles. The second-order valence-electron chi connectivity index (χ2n) is 5.00. The van der Waals surface area contributed by atoms with Crippen molar-refractivity contribution in [3.63, 3.8) is 0 Å². The molecule has 3 rings (SSSR count). The SMILES string of the molecule is Cc1c(-c2cccc(F)c2)sc2cc(C(C)O)cc(=O)n12. The Hall–Kier alpha value is -1.98. The molecule has 21 heavy (non-hydrogen) atoms. The quantitative estimate of drug-likeness (QED) is 0.787. The number of aliphatic hydroxyl groups is 1. The minimum Gasteiger partial charge on any atom is -0.389 e. The van der Waals surface area contributed by atoms with Gasteiger partial charge in [-0.25, -0.2) is 4.39 Å². The third-order valence-corrected chi connectivity index (χ3v) is 4.71. The van der Waals surface area contributed by atoms with Crippen LogP contribution in [-0.4, -0.2) is 9.51 Å². The molecule has 0 amide bonds. The van der Waals surface area contributed by atoms with Crippen molar-refractivity contribution in [2.75, 3.05) is 0 Å². The second kappa shape index (κ2) is 5.09. The number of hydrogen-bond donors (Lipinski definition) is 1. The van der Waals surface area contributed by atoms with Gasteiger partial charge in [0.2, 0.25) is 0 Å². The average Bonchev–Trinajstić information content (AvgIpc) is 2.76. The second-order valence-corrected chi connectivity index (χ2v) is 6.03. The number of thiazole rings is 1. The van der Waals surface area contributed by atoms with Crippen molar-refractivity contribution in [3.05, 3.63) is 63.8 Å². The molecule has 0 fully saturated rings. The number of rotatable bonds is 2. The fourth-order valence-corrected chi connectivity index (χ4v) is 3.60. The van der Waals surface area contributed by atoms with Gasteiger partial charge in [-0.3, -0.25) is 9.20 Å². The number of aromatic nitrogens is 1. The first-order chi connectivity index (χ1) is 9.97. The summed E-state index contributed by atoms with van der Waals surface area (Å²) >= 11 is 1.42. The van der Waals surface area contributed by atoms with Crippen molar-refractivity contribution in [3.8, 4) is 10.4 Å². The molecule has 1 aromatic carbocycles. The van der Waals surface area contributed by atoms with Crippen molar-refractivity contribution < 1.29 is 9.50 Å². The smallest absolute Gasteiger partial charge is 0.256 e. The number of aryl methyl sites for hydroxylation is 1. The van der Waals surface area contributed by atoms with E-state index in [9.17, 15) is 14.3 Å². The first-order valence-electron chi connectivity index (χ1n) is 6.57. The lowest BCUT2D eigenvalue weighted by atomic mass is 10.1. The van der Waals surface area contributed by atoms with E-state index < -0.39 is 6.10 Å². The van der Waals surface area contributed by atoms with E-state index >= 15 is 0 Å². The number of hydrogen-bond acceptors (Lipinski definition) is 3. The van der Waals surface area contributed by atoms with Gasteiger partial charge in [-0.15, -0.1) is 11.3 Å². The Kier molecular flexibility index (Phi) is 3.39. The van der Waals surface area contributed by atoms with Crippen molar-refractivity contribution in [2.45, 2.75) is 20.0 Å². The highest BCUT2D eigenvalue weighted by Gasteiger charge is 2.14. The van der Waals surface area contributed by atoms with Gasteiger partial charge >= 0.3 is 0 Å². The van der Waals surface area contributed by atoms with Gasteiger partial charge in [-0.1, -0.05) is 12.1 Å². The zero-order chi connectivity index (χ0) is 15.1. The Bertz CT molecular complexity index is 880. The summed E-state index contributed by atoms with van der Waals surface area (Å²) in [4.78, 5) is 13.8. The molecule has 108 valence electrons. The summed E-state index contributed by atoms with van der Waals surface area (Å²) in [6, 6.07) is 9.56. The fraction of sp³-hybridized carbons (Fsp3) is 0.188. The van der Waals surface area contributed by atoms with E-state index in [-0.39, 0.29) is 11.4 Å². The highest BCUT2D eigenvalue weighted by molar-refractivity contribution is 7.20. The highest BCUT2D eigenvalue weighted by atomic mass is 32.1. The van der Waals surface area contributed by atoms with Gasteiger partial charge in [0.05, 0.1) is 11.0 Å². The molecule has 3 aromatic rings. The van der Waals surface area contributed by atoms with Crippen LogP contribution in [0.5, 0.6) is 0 Å². The fourth-order valence-electron chi connectivity index (χ4n) is 2.39. The van der Waals surface area contributed by atoms with Gasteiger partial charge in [-0.05, 0) is 43.2 Å². The Balaban J connectivity index is 2.29. The lowest BCUT2D eigenvalue weighted by Crippen LogP contribution is -2.14. The molecule has 5 heteroatoms. The highest BCUT2D eigenvalue weighted by Crippen LogP contribution is 2.33. The summed E-state index contributed by atoms with van der Waals surface area (Å²) in [5.74, 6) is -0.304. The molecule has 1 N–H and O–H groups in total. The maximum absolute atomic E-state index is 13.4. The number of pyridine rings is 1. The maximum Gasteiger partial charge on any atom is 0.256 e. The zero-order valence-corrected chi connectivity index (χ0v) is 12.4. The van der Waals surface area contributed by atoms with Crippen LogP contribution < -0.4 is 5.56 Å². The Labute approximate surface area is 124 Å². The number of aliphatic hydroxyl groups excluding tert-OH is 1. The third kappa shape index (κ3) is 2.39.